The molecule has 0 unspecified atom stereocenters. The molecule has 0 atom stereocenters. The van der Waals surface area contributed by atoms with Crippen molar-refractivity contribution in [3.05, 3.63) is 64.3 Å². The molecule has 3 rings (SSSR count). The highest BCUT2D eigenvalue weighted by Gasteiger charge is 2.23. The minimum absolute atomic E-state index is 0.00243. The van der Waals surface area contributed by atoms with Gasteiger partial charge >= 0.3 is 5.97 Å². The van der Waals surface area contributed by atoms with E-state index in [-0.39, 0.29) is 11.4 Å². The maximum absolute atomic E-state index is 12.3. The van der Waals surface area contributed by atoms with Crippen molar-refractivity contribution in [1.82, 2.24) is 19.9 Å². The van der Waals surface area contributed by atoms with E-state index in [0.717, 1.165) is 11.8 Å². The first-order valence-electron chi connectivity index (χ1n) is 8.91. The summed E-state index contributed by atoms with van der Waals surface area (Å²) < 4.78 is 29.4. The summed E-state index contributed by atoms with van der Waals surface area (Å²) in [5, 5.41) is 8.43. The van der Waals surface area contributed by atoms with Gasteiger partial charge in [-0.05, 0) is 24.6 Å². The van der Waals surface area contributed by atoms with Gasteiger partial charge < -0.3 is 4.74 Å². The fraction of sp³-hybridized carbons (Fsp3) is 0.211. The monoisotopic (exact) mass is 461 g/mol. The molecule has 0 bridgehead atoms. The zero-order valence-corrected chi connectivity index (χ0v) is 18.5. The fourth-order valence-corrected chi connectivity index (χ4v) is 3.97. The van der Waals surface area contributed by atoms with Crippen LogP contribution >= 0.6 is 11.3 Å². The number of carbonyl (C=O) groups is 2. The number of methoxy groups -OCH3 is 1. The second kappa shape index (κ2) is 9.18. The van der Waals surface area contributed by atoms with Crippen molar-refractivity contribution in [3.63, 3.8) is 0 Å². The van der Waals surface area contributed by atoms with Crippen LogP contribution in [0.5, 0.6) is 0 Å². The lowest BCUT2D eigenvalue weighted by Crippen LogP contribution is -2.30. The predicted octanol–water partition coefficient (Wildman–Crippen LogP) is 2.06. The number of aromatic nitrogens is 3. The summed E-state index contributed by atoms with van der Waals surface area (Å²) in [5.74, 6) is -1.03. The molecular weight excluding hydrogens is 442 g/mol. The van der Waals surface area contributed by atoms with Gasteiger partial charge in [0.2, 0.25) is 10.0 Å². The second-order valence-electron chi connectivity index (χ2n) is 6.44. The molecule has 0 saturated carbocycles. The largest absolute Gasteiger partial charge is 0.464 e. The molecule has 0 radical (unpaired) electrons. The van der Waals surface area contributed by atoms with Crippen LogP contribution in [0.15, 0.2) is 42.5 Å². The average molecular weight is 462 g/mol. The van der Waals surface area contributed by atoms with Gasteiger partial charge in [0.05, 0.1) is 19.9 Å². The normalized spacial score (nSPS) is 11.1. The Morgan fingerprint density at radius 2 is 1.84 bits per heavy atom. The summed E-state index contributed by atoms with van der Waals surface area (Å²) >= 11 is 1.21. The average Bonchev–Trinajstić information content (AvgIpc) is 3.12. The zero-order chi connectivity index (χ0) is 22.6. The van der Waals surface area contributed by atoms with Crippen LogP contribution in [0.3, 0.4) is 0 Å². The smallest absolute Gasteiger partial charge is 0.358 e. The van der Waals surface area contributed by atoms with Gasteiger partial charge in [-0.3, -0.25) is 9.69 Å². The van der Waals surface area contributed by atoms with Crippen LogP contribution in [0.2, 0.25) is 0 Å². The maximum Gasteiger partial charge on any atom is 0.358 e. The number of carbonyl (C=O) groups excluding carboxylic acids is 2. The number of anilines is 2. The first-order valence-corrected chi connectivity index (χ1v) is 11.6. The predicted molar refractivity (Wildman–Crippen MR) is 115 cm³/mol. The molecule has 0 saturated heterocycles. The van der Waals surface area contributed by atoms with Crippen molar-refractivity contribution < 1.29 is 22.7 Å². The number of hydrogen-bond donors (Lipinski definition) is 1. The van der Waals surface area contributed by atoms with E-state index in [9.17, 15) is 18.0 Å². The van der Waals surface area contributed by atoms with E-state index in [1.807, 2.05) is 35.1 Å². The van der Waals surface area contributed by atoms with Gasteiger partial charge in [-0.1, -0.05) is 30.3 Å². The van der Waals surface area contributed by atoms with Crippen LogP contribution in [0.4, 0.5) is 10.9 Å². The Kier molecular flexibility index (Phi) is 6.61. The van der Waals surface area contributed by atoms with Crippen molar-refractivity contribution >= 4 is 44.2 Å². The molecule has 0 aliphatic carbocycles. The molecule has 1 N–H and O–H groups in total. The fourth-order valence-electron chi connectivity index (χ4n) is 2.62. The number of sulfonamides is 1. The van der Waals surface area contributed by atoms with Crippen molar-refractivity contribution in [2.45, 2.75) is 13.5 Å². The van der Waals surface area contributed by atoms with Crippen molar-refractivity contribution in [2.24, 2.45) is 0 Å². The first kappa shape index (κ1) is 22.3. The molecule has 1 amide bonds. The number of ether oxygens (including phenoxy) is 1. The summed E-state index contributed by atoms with van der Waals surface area (Å²) in [6.07, 6.45) is 0.896. The van der Waals surface area contributed by atoms with Crippen LogP contribution in [-0.4, -0.2) is 48.8 Å². The Labute approximate surface area is 183 Å². The van der Waals surface area contributed by atoms with E-state index in [1.165, 1.54) is 24.5 Å². The van der Waals surface area contributed by atoms with Crippen molar-refractivity contribution in [2.75, 3.05) is 18.3 Å². The number of aryl methyl sites for hydroxylation is 1. The number of amides is 1. The van der Waals surface area contributed by atoms with Gasteiger partial charge in [-0.15, -0.1) is 21.5 Å². The molecule has 3 aromatic rings. The van der Waals surface area contributed by atoms with Gasteiger partial charge in [0, 0.05) is 4.88 Å². The Morgan fingerprint density at radius 3 is 2.42 bits per heavy atom. The van der Waals surface area contributed by atoms with E-state index in [2.05, 4.69) is 19.9 Å². The minimum atomic E-state index is -3.73. The SMILES string of the molecule is COC(=O)c1ccc(N(Cc2ccccc2)c2nc(C(=O)NS(C)(=O)=O)c(C)s2)nn1. The molecule has 12 heteroatoms. The van der Waals surface area contributed by atoms with Crippen LogP contribution < -0.4 is 9.62 Å². The lowest BCUT2D eigenvalue weighted by molar-refractivity contribution is 0.0592. The first-order chi connectivity index (χ1) is 14.7. The highest BCUT2D eigenvalue weighted by molar-refractivity contribution is 7.89. The van der Waals surface area contributed by atoms with Crippen LogP contribution in [0.25, 0.3) is 0 Å². The third-order valence-corrected chi connectivity index (χ3v) is 5.56. The molecule has 162 valence electrons. The van der Waals surface area contributed by atoms with Crippen LogP contribution in [0, 0.1) is 6.92 Å². The van der Waals surface area contributed by atoms with E-state index in [1.54, 1.807) is 17.9 Å². The highest BCUT2D eigenvalue weighted by atomic mass is 32.2. The summed E-state index contributed by atoms with van der Waals surface area (Å²) in [5.41, 5.74) is 0.994. The minimum Gasteiger partial charge on any atom is -0.464 e. The van der Waals surface area contributed by atoms with Crippen LogP contribution in [0.1, 0.15) is 31.4 Å². The topological polar surface area (TPSA) is 131 Å². The molecule has 0 spiro atoms. The molecule has 10 nitrogen and oxygen atoms in total. The molecule has 2 heterocycles. The standard InChI is InChI=1S/C19H19N5O5S2/c1-12-16(17(25)23-31(3,27)28)20-19(30-12)24(11-13-7-5-4-6-8-13)15-10-9-14(21-22-15)18(26)29-2/h4-10H,11H2,1-3H3,(H,23,25). The number of nitrogens with zero attached hydrogens (tertiary/aromatic N) is 4. The summed E-state index contributed by atoms with van der Waals surface area (Å²) in [6.45, 7) is 2.03. The van der Waals surface area contributed by atoms with Gasteiger partial charge in [0.1, 0.15) is 5.69 Å². The summed E-state index contributed by atoms with van der Waals surface area (Å²) in [6, 6.07) is 12.6. The lowest BCUT2D eigenvalue weighted by atomic mass is 10.2. The summed E-state index contributed by atoms with van der Waals surface area (Å²) in [7, 11) is -2.48. The Morgan fingerprint density at radius 1 is 1.13 bits per heavy atom. The zero-order valence-electron chi connectivity index (χ0n) is 16.9. The molecule has 2 aromatic heterocycles. The highest BCUT2D eigenvalue weighted by Crippen LogP contribution is 2.32. The van der Waals surface area contributed by atoms with Gasteiger partial charge in [0.25, 0.3) is 5.91 Å². The van der Waals surface area contributed by atoms with Gasteiger partial charge in [-0.25, -0.2) is 22.9 Å². The van der Waals surface area contributed by atoms with E-state index in [0.29, 0.717) is 22.4 Å². The molecule has 1 aromatic carbocycles. The van der Waals surface area contributed by atoms with Gasteiger partial charge in [-0.2, -0.15) is 0 Å². The van der Waals surface area contributed by atoms with E-state index < -0.39 is 21.9 Å². The summed E-state index contributed by atoms with van der Waals surface area (Å²) in [4.78, 5) is 30.6. The molecule has 0 aliphatic heterocycles. The van der Waals surface area contributed by atoms with Gasteiger partial charge in [0.15, 0.2) is 16.6 Å². The maximum atomic E-state index is 12.3. The Balaban J connectivity index is 2.00. The number of benzene rings is 1. The third kappa shape index (κ3) is 5.61. The molecular formula is C19H19N5O5S2. The quantitative estimate of drug-likeness (QED) is 0.525. The van der Waals surface area contributed by atoms with Crippen molar-refractivity contribution in [1.29, 1.82) is 0 Å². The number of nitrogens with one attached hydrogen (secondary N) is 1. The van der Waals surface area contributed by atoms with Crippen molar-refractivity contribution in [3.8, 4) is 0 Å². The number of esters is 1. The molecule has 0 fully saturated rings. The number of rotatable bonds is 7. The Hall–Kier alpha value is -3.38. The van der Waals surface area contributed by atoms with E-state index >= 15 is 0 Å². The van der Waals surface area contributed by atoms with E-state index in [4.69, 9.17) is 0 Å². The molecule has 0 aliphatic rings. The number of thiazole rings is 1. The lowest BCUT2D eigenvalue weighted by Gasteiger charge is -2.20. The van der Waals surface area contributed by atoms with Crippen LogP contribution in [-0.2, 0) is 21.3 Å². The Bertz CT molecular complexity index is 1190. The molecule has 31 heavy (non-hydrogen) atoms. The second-order valence-corrected chi connectivity index (χ2v) is 9.37. The number of hydrogen-bond acceptors (Lipinski definition) is 10. The third-order valence-electron chi connectivity index (χ3n) is 4.01.